The van der Waals surface area contributed by atoms with E-state index in [1.54, 1.807) is 53.7 Å². The van der Waals surface area contributed by atoms with Gasteiger partial charge in [-0.15, -0.1) is 0 Å². The number of phenolic OH excluding ortho intramolecular Hbond substituents is 2. The average Bonchev–Trinajstić information content (AvgIpc) is 3.71. The number of nitrogens with one attached hydrogen (secondary N) is 1. The third kappa shape index (κ3) is 8.44. The molecule has 330 valence electrons. The molecule has 0 unspecified atom stereocenters. The minimum atomic E-state index is -1.97. The van der Waals surface area contributed by atoms with E-state index in [1.165, 1.54) is 39.4 Å². The molecule has 4 heterocycles. The number of hydrogen-bond donors (Lipinski definition) is 4. The maximum Gasteiger partial charge on any atom is 0.312 e. The zero-order chi connectivity index (χ0) is 44.9. The van der Waals surface area contributed by atoms with Crippen molar-refractivity contribution in [1.29, 1.82) is 0 Å². The smallest absolute Gasteiger partial charge is 0.312 e. The van der Waals surface area contributed by atoms with E-state index in [9.17, 15) is 34.5 Å². The van der Waals surface area contributed by atoms with Crippen molar-refractivity contribution in [2.75, 3.05) is 32.1 Å². The Morgan fingerprint density at radius 3 is 2.28 bits per heavy atom. The summed E-state index contributed by atoms with van der Waals surface area (Å²) in [4.78, 5) is 67.2. The van der Waals surface area contributed by atoms with Gasteiger partial charge in [0.05, 0.1) is 34.8 Å². The lowest BCUT2D eigenvalue weighted by molar-refractivity contribution is -0.159. The van der Waals surface area contributed by atoms with Crippen LogP contribution in [0.15, 0.2) is 46.1 Å². The van der Waals surface area contributed by atoms with Crippen molar-refractivity contribution >= 4 is 39.9 Å². The molecule has 1 spiro atoms. The normalized spacial score (nSPS) is 31.5. The van der Waals surface area contributed by atoms with Gasteiger partial charge in [0.1, 0.15) is 34.4 Å². The second-order valence-electron chi connectivity index (χ2n) is 17.7. The lowest BCUT2D eigenvalue weighted by Gasteiger charge is -2.36. The number of amides is 1. The first-order chi connectivity index (χ1) is 28.6. The Labute approximate surface area is 356 Å². The fraction of sp³-hybridized carbons (Fsp3) is 0.565. The number of nitrogens with zero attached hydrogens (tertiary/aromatic N) is 3. The molecule has 6 rings (SSSR count). The summed E-state index contributed by atoms with van der Waals surface area (Å²) in [5.74, 6) is -7.29. The van der Waals surface area contributed by atoms with Crippen LogP contribution < -0.4 is 20.8 Å². The fourth-order valence-corrected chi connectivity index (χ4v) is 9.05. The Morgan fingerprint density at radius 1 is 1.00 bits per heavy atom. The molecule has 15 nitrogen and oxygen atoms in total. The topological polar surface area (TPSA) is 206 Å². The summed E-state index contributed by atoms with van der Waals surface area (Å²) in [6.07, 6.45) is 5.65. The van der Waals surface area contributed by atoms with E-state index in [4.69, 9.17) is 28.9 Å². The molecule has 1 saturated heterocycles. The highest BCUT2D eigenvalue weighted by molar-refractivity contribution is 6.19. The van der Waals surface area contributed by atoms with Crippen LogP contribution in [-0.2, 0) is 28.6 Å². The zero-order valence-corrected chi connectivity index (χ0v) is 37.0. The van der Waals surface area contributed by atoms with E-state index in [0.29, 0.717) is 31.8 Å². The standard InChI is InChI=1S/C46H60N4O11/c1-22(2)21-50-18-16-46(17-19-50)48-34-31-32-39(54)28(8)42-33(31)43(56)45(10,61-42)59-20-15-30(58-11)25(5)41(60-29(9)51)27(7)38(53)26(6)37(52)23(3)13-12-14-24(4)44(57)47-36(40(32)55)35(34)49-46/h12-15,20,22-23,25-27,30,38,41,53-55H,16-19,21H2,1-11H3,(H,47,57)/b13-12+,20-15+,24-14-/t23-,25+,26+,27+,30-,38+,41+,45-/m0/s1. The number of rotatable bonds is 4. The van der Waals surface area contributed by atoms with Gasteiger partial charge in [0.25, 0.3) is 11.7 Å². The van der Waals surface area contributed by atoms with E-state index < -0.39 is 76.8 Å². The van der Waals surface area contributed by atoms with Gasteiger partial charge in [0.15, 0.2) is 11.4 Å². The fourth-order valence-electron chi connectivity index (χ4n) is 9.05. The summed E-state index contributed by atoms with van der Waals surface area (Å²) >= 11 is 0. The second kappa shape index (κ2) is 17.3. The van der Waals surface area contributed by atoms with Crippen molar-refractivity contribution in [2.45, 2.75) is 112 Å². The number of likely N-dealkylation sites (tertiary alicyclic amines) is 1. The van der Waals surface area contributed by atoms with Crippen molar-refractivity contribution in [3.05, 3.63) is 58.0 Å². The minimum Gasteiger partial charge on any atom is -0.507 e. The molecule has 1 fully saturated rings. The van der Waals surface area contributed by atoms with Gasteiger partial charge in [-0.05, 0) is 25.8 Å². The van der Waals surface area contributed by atoms with Crippen molar-refractivity contribution in [2.24, 2.45) is 39.6 Å². The number of piperidine rings is 1. The summed E-state index contributed by atoms with van der Waals surface area (Å²) in [6.45, 7) is 19.2. The van der Waals surface area contributed by atoms with Crippen LogP contribution in [0.1, 0.15) is 91.1 Å². The van der Waals surface area contributed by atoms with Gasteiger partial charge < -0.3 is 44.5 Å². The van der Waals surface area contributed by atoms with Crippen molar-refractivity contribution in [1.82, 2.24) is 4.90 Å². The molecule has 4 bridgehead atoms. The number of ether oxygens (including phenoxy) is 4. The Morgan fingerprint density at radius 2 is 1.66 bits per heavy atom. The van der Waals surface area contributed by atoms with Gasteiger partial charge >= 0.3 is 11.8 Å². The van der Waals surface area contributed by atoms with E-state index in [-0.39, 0.29) is 61.2 Å². The number of phenols is 2. The molecule has 8 atom stereocenters. The molecule has 0 radical (unpaired) electrons. The monoisotopic (exact) mass is 844 g/mol. The Kier molecular flexibility index (Phi) is 12.9. The van der Waals surface area contributed by atoms with Crippen LogP contribution in [0.25, 0.3) is 10.8 Å². The van der Waals surface area contributed by atoms with Crippen LogP contribution in [0.5, 0.6) is 17.2 Å². The molecule has 2 aromatic carbocycles. The highest BCUT2D eigenvalue weighted by Crippen LogP contribution is 2.50. The number of aliphatic hydroxyl groups is 1. The van der Waals surface area contributed by atoms with E-state index in [2.05, 4.69) is 24.1 Å². The lowest BCUT2D eigenvalue weighted by atomic mass is 9.79. The molecule has 0 saturated carbocycles. The largest absolute Gasteiger partial charge is 0.507 e. The molecular weight excluding hydrogens is 785 g/mol. The van der Waals surface area contributed by atoms with E-state index in [0.717, 1.165) is 6.54 Å². The average molecular weight is 845 g/mol. The Balaban J connectivity index is 1.54. The molecule has 1 amide bonds. The number of fused-ring (bicyclic) bond motifs is 1. The van der Waals surface area contributed by atoms with E-state index in [1.807, 2.05) is 0 Å². The van der Waals surface area contributed by atoms with Crippen LogP contribution in [-0.4, -0.2) is 100 Å². The number of aromatic hydroxyl groups is 2. The molecule has 4 aliphatic rings. The Bertz CT molecular complexity index is 2340. The quantitative estimate of drug-likeness (QED) is 0.238. The predicted octanol–water partition coefficient (Wildman–Crippen LogP) is 4.96. The SMILES string of the molecule is CO[C@H]1/C=C/O[C@@]2(C)Oc3c(C)c(O)c4c(O)c(c5c(c4c3C2=O)=NC2(CCN(CC(C)C)CC2)N=5)NC(=O)/C(C)=C\C=C\[C@H](C)C(=O)[C@@H](C)[C@@H](O)[C@@H](C)[C@H](OC(C)=O)[C@@H]1C. The van der Waals surface area contributed by atoms with Gasteiger partial charge in [-0.3, -0.25) is 29.2 Å². The van der Waals surface area contributed by atoms with Gasteiger partial charge in [-0.1, -0.05) is 59.8 Å². The maximum absolute atomic E-state index is 14.7. The van der Waals surface area contributed by atoms with Crippen LogP contribution in [0.4, 0.5) is 5.69 Å². The number of esters is 1. The van der Waals surface area contributed by atoms with Gasteiger partial charge in [0, 0.05) is 93.6 Å². The first-order valence-corrected chi connectivity index (χ1v) is 21.1. The number of allylic oxidation sites excluding steroid dienone is 3. The minimum absolute atomic E-state index is 0.0294. The van der Waals surface area contributed by atoms with Crippen LogP contribution >= 0.6 is 0 Å². The summed E-state index contributed by atoms with van der Waals surface area (Å²) in [5.41, 5.74) is -0.638. The summed E-state index contributed by atoms with van der Waals surface area (Å²) in [7, 11) is 1.45. The summed E-state index contributed by atoms with van der Waals surface area (Å²) in [5, 5.41) is 38.7. The Hall–Kier alpha value is -5.12. The number of carbonyl (C=O) groups is 4. The van der Waals surface area contributed by atoms with Gasteiger partial charge in [0.2, 0.25) is 0 Å². The third-order valence-corrected chi connectivity index (χ3v) is 12.7. The van der Waals surface area contributed by atoms with Crippen LogP contribution in [0.3, 0.4) is 0 Å². The van der Waals surface area contributed by atoms with Crippen LogP contribution in [0, 0.1) is 36.5 Å². The lowest BCUT2D eigenvalue weighted by Crippen LogP contribution is -2.45. The molecule has 0 aromatic heterocycles. The first-order valence-electron chi connectivity index (χ1n) is 21.1. The number of anilines is 1. The zero-order valence-electron chi connectivity index (χ0n) is 37.0. The number of methoxy groups -OCH3 is 1. The highest BCUT2D eigenvalue weighted by atomic mass is 16.7. The number of Topliss-reactive ketones (excluding diaryl/α,β-unsaturated/α-hetero) is 2. The van der Waals surface area contributed by atoms with Crippen molar-refractivity contribution in [3.63, 3.8) is 0 Å². The molecule has 2 aromatic rings. The van der Waals surface area contributed by atoms with E-state index >= 15 is 0 Å². The molecule has 4 N–H and O–H groups in total. The number of carbonyl (C=O) groups excluding carboxylic acids is 4. The molecule has 61 heavy (non-hydrogen) atoms. The number of benzene rings is 2. The van der Waals surface area contributed by atoms with Gasteiger partial charge in [-0.2, -0.15) is 0 Å². The number of aliphatic hydroxyl groups excluding tert-OH is 1. The predicted molar refractivity (Wildman–Crippen MR) is 227 cm³/mol. The maximum atomic E-state index is 14.7. The van der Waals surface area contributed by atoms with Crippen LogP contribution in [0.2, 0.25) is 0 Å². The van der Waals surface area contributed by atoms with Crippen molar-refractivity contribution in [3.8, 4) is 17.2 Å². The third-order valence-electron chi connectivity index (χ3n) is 12.7. The van der Waals surface area contributed by atoms with Gasteiger partial charge in [-0.25, -0.2) is 0 Å². The molecular formula is C46H60N4O11. The van der Waals surface area contributed by atoms with Crippen molar-refractivity contribution < 1.29 is 53.4 Å². The first kappa shape index (κ1) is 45.4. The summed E-state index contributed by atoms with van der Waals surface area (Å²) in [6, 6.07) is 0. The molecule has 4 aliphatic heterocycles. The molecule has 0 aliphatic carbocycles. The summed E-state index contributed by atoms with van der Waals surface area (Å²) < 4.78 is 23.9. The number of ketones is 2. The number of hydrogen-bond acceptors (Lipinski definition) is 14. The molecule has 15 heteroatoms. The highest BCUT2D eigenvalue weighted by Gasteiger charge is 2.50. The second-order valence-corrected chi connectivity index (χ2v) is 17.7.